The summed E-state index contributed by atoms with van der Waals surface area (Å²) in [5, 5.41) is 4.45. The largest absolute Gasteiger partial charge is 0.364 e. The van der Waals surface area contributed by atoms with Crippen LogP contribution in [0.3, 0.4) is 0 Å². The summed E-state index contributed by atoms with van der Waals surface area (Å²) in [6.07, 6.45) is 3.31. The van der Waals surface area contributed by atoms with E-state index in [1.165, 1.54) is 0 Å². The fourth-order valence-electron chi connectivity index (χ4n) is 3.46. The summed E-state index contributed by atoms with van der Waals surface area (Å²) in [6.45, 7) is 0.708. The quantitative estimate of drug-likeness (QED) is 0.479. The van der Waals surface area contributed by atoms with Gasteiger partial charge in [0.1, 0.15) is 11.0 Å². The number of anilines is 1. The number of thioether (sulfide) groups is 2. The van der Waals surface area contributed by atoms with E-state index in [-0.39, 0.29) is 17.2 Å². The van der Waals surface area contributed by atoms with E-state index in [2.05, 4.69) is 25.3 Å². The second-order valence-electron chi connectivity index (χ2n) is 7.03. The molecule has 1 amide bonds. The normalized spacial score (nSPS) is 19.8. The lowest BCUT2D eigenvalue weighted by Crippen LogP contribution is -2.43. The molecule has 0 radical (unpaired) electrons. The summed E-state index contributed by atoms with van der Waals surface area (Å²) < 4.78 is 0. The van der Waals surface area contributed by atoms with E-state index < -0.39 is 0 Å². The molecule has 30 heavy (non-hydrogen) atoms. The first-order chi connectivity index (χ1) is 14.4. The van der Waals surface area contributed by atoms with Crippen LogP contribution in [-0.4, -0.2) is 61.9 Å². The molecule has 0 aliphatic carbocycles. The number of halogens is 3. The minimum Gasteiger partial charge on any atom is -0.364 e. The van der Waals surface area contributed by atoms with E-state index in [0.29, 0.717) is 23.4 Å². The van der Waals surface area contributed by atoms with Gasteiger partial charge in [0.05, 0.1) is 21.2 Å². The molecule has 12 heteroatoms. The van der Waals surface area contributed by atoms with Gasteiger partial charge < -0.3 is 10.2 Å². The monoisotopic (exact) mass is 504 g/mol. The van der Waals surface area contributed by atoms with E-state index in [1.807, 2.05) is 7.05 Å². The van der Waals surface area contributed by atoms with E-state index in [1.54, 1.807) is 28.4 Å². The lowest BCUT2D eigenvalue weighted by atomic mass is 10.1. The van der Waals surface area contributed by atoms with Crippen molar-refractivity contribution >= 4 is 70.1 Å². The van der Waals surface area contributed by atoms with Gasteiger partial charge in [-0.15, -0.1) is 23.5 Å². The number of nitrogens with one attached hydrogen (secondary N) is 1. The standard InChI is InChI=1S/C12H15ClN4OS.C6H4Cl2N2S/c1-17-6-7(2-3-9(17)18)14-11-10-8(4-5-19-10)15-12(13)16-11;7-5-4-3(1-2-11-4)9-6(8)10-5/h7H,2-6H2,1H3,(H,14,15,16);1-2H2/t7-;/m0./s1. The summed E-state index contributed by atoms with van der Waals surface area (Å²) in [4.78, 5) is 31.8. The first kappa shape index (κ1) is 22.2. The predicted octanol–water partition coefficient (Wildman–Crippen LogP) is 4.24. The van der Waals surface area contributed by atoms with Crippen molar-refractivity contribution in [3.8, 4) is 0 Å². The van der Waals surface area contributed by atoms with Crippen molar-refractivity contribution in [3.05, 3.63) is 27.1 Å². The molecule has 3 aliphatic heterocycles. The van der Waals surface area contributed by atoms with Crippen LogP contribution >= 0.6 is 58.3 Å². The van der Waals surface area contributed by atoms with E-state index in [4.69, 9.17) is 34.8 Å². The summed E-state index contributed by atoms with van der Waals surface area (Å²) in [7, 11) is 1.84. The Hall–Kier alpha value is -1.000. The Balaban J connectivity index is 0.000000168. The molecule has 1 atom stereocenters. The van der Waals surface area contributed by atoms with Gasteiger partial charge in [0.15, 0.2) is 0 Å². The maximum Gasteiger partial charge on any atom is 0.224 e. The molecule has 1 N–H and O–H groups in total. The van der Waals surface area contributed by atoms with Crippen molar-refractivity contribution in [2.75, 3.05) is 30.4 Å². The zero-order valence-electron chi connectivity index (χ0n) is 16.1. The van der Waals surface area contributed by atoms with Crippen molar-refractivity contribution in [2.45, 2.75) is 41.5 Å². The fraction of sp³-hybridized carbons (Fsp3) is 0.500. The van der Waals surface area contributed by atoms with Crippen LogP contribution in [0.2, 0.25) is 15.7 Å². The number of piperidine rings is 1. The summed E-state index contributed by atoms with van der Waals surface area (Å²) in [5.41, 5.74) is 2.02. The Bertz CT molecular complexity index is 979. The zero-order valence-corrected chi connectivity index (χ0v) is 20.0. The zero-order chi connectivity index (χ0) is 21.3. The first-order valence-corrected chi connectivity index (χ1v) is 12.6. The van der Waals surface area contributed by atoms with Gasteiger partial charge in [-0.3, -0.25) is 4.79 Å². The van der Waals surface area contributed by atoms with Crippen molar-refractivity contribution in [1.29, 1.82) is 0 Å². The van der Waals surface area contributed by atoms with Crippen LogP contribution in [0.5, 0.6) is 0 Å². The van der Waals surface area contributed by atoms with E-state index in [9.17, 15) is 4.79 Å². The number of aryl methyl sites for hydroxylation is 2. The number of rotatable bonds is 2. The third-order valence-corrected chi connectivity index (χ3v) is 7.89. The molecule has 5 heterocycles. The van der Waals surface area contributed by atoms with Gasteiger partial charge in [0, 0.05) is 50.4 Å². The maximum absolute atomic E-state index is 11.5. The number of aromatic nitrogens is 4. The van der Waals surface area contributed by atoms with Crippen molar-refractivity contribution in [3.63, 3.8) is 0 Å². The summed E-state index contributed by atoms with van der Waals surface area (Å²) in [6, 6.07) is 0.235. The molecular weight excluding hydrogens is 487 g/mol. The SMILES string of the molecule is CN1C[C@@H](Nc2nc(Cl)nc3c2SCC3)CCC1=O.Clc1nc(Cl)c2c(n1)CCS2. The molecule has 0 bridgehead atoms. The summed E-state index contributed by atoms with van der Waals surface area (Å²) in [5.74, 6) is 3.09. The average Bonchev–Trinajstić information content (AvgIpc) is 3.34. The molecule has 7 nitrogen and oxygen atoms in total. The van der Waals surface area contributed by atoms with Crippen LogP contribution in [0, 0.1) is 0 Å². The molecule has 0 aromatic carbocycles. The lowest BCUT2D eigenvalue weighted by Gasteiger charge is -2.30. The van der Waals surface area contributed by atoms with Gasteiger partial charge in [-0.25, -0.2) is 15.0 Å². The topological polar surface area (TPSA) is 83.9 Å². The minimum absolute atomic E-state index is 0.207. The van der Waals surface area contributed by atoms with Crippen LogP contribution in [0.4, 0.5) is 5.82 Å². The number of likely N-dealkylation sites (tertiary alicyclic amines) is 1. The first-order valence-electron chi connectivity index (χ1n) is 9.45. The second-order valence-corrected chi connectivity index (χ2v) is 10.3. The Labute approximate surface area is 198 Å². The molecule has 160 valence electrons. The van der Waals surface area contributed by atoms with Crippen molar-refractivity contribution < 1.29 is 4.79 Å². The minimum atomic E-state index is 0.207. The van der Waals surface area contributed by atoms with Crippen LogP contribution in [0.1, 0.15) is 24.2 Å². The van der Waals surface area contributed by atoms with Crippen LogP contribution < -0.4 is 5.32 Å². The van der Waals surface area contributed by atoms with Crippen LogP contribution in [-0.2, 0) is 17.6 Å². The Kier molecular flexibility index (Phi) is 7.14. The third kappa shape index (κ3) is 5.07. The van der Waals surface area contributed by atoms with Gasteiger partial charge in [-0.2, -0.15) is 4.98 Å². The van der Waals surface area contributed by atoms with Gasteiger partial charge in [-0.1, -0.05) is 11.6 Å². The molecule has 3 aliphatic rings. The molecule has 1 saturated heterocycles. The predicted molar refractivity (Wildman–Crippen MR) is 122 cm³/mol. The van der Waals surface area contributed by atoms with Crippen LogP contribution in [0.25, 0.3) is 0 Å². The molecule has 2 aromatic heterocycles. The van der Waals surface area contributed by atoms with Gasteiger partial charge in [0.25, 0.3) is 0 Å². The maximum atomic E-state index is 11.5. The van der Waals surface area contributed by atoms with Gasteiger partial charge in [0.2, 0.25) is 16.5 Å². The molecule has 0 unspecified atom stereocenters. The van der Waals surface area contributed by atoms with Crippen LogP contribution in [0.15, 0.2) is 9.79 Å². The molecule has 5 rings (SSSR count). The van der Waals surface area contributed by atoms with E-state index >= 15 is 0 Å². The fourth-order valence-corrected chi connectivity index (χ4v) is 6.26. The Morgan fingerprint density at radius 1 is 0.933 bits per heavy atom. The molecule has 2 aromatic rings. The second kappa shape index (κ2) is 9.65. The lowest BCUT2D eigenvalue weighted by molar-refractivity contribution is -0.132. The highest BCUT2D eigenvalue weighted by Crippen LogP contribution is 2.37. The number of hydrogen-bond acceptors (Lipinski definition) is 8. The number of nitrogens with zero attached hydrogens (tertiary/aromatic N) is 5. The Morgan fingerprint density at radius 3 is 2.27 bits per heavy atom. The highest BCUT2D eigenvalue weighted by atomic mass is 35.5. The number of hydrogen-bond donors (Lipinski definition) is 1. The molecule has 0 spiro atoms. The number of amides is 1. The molecular formula is C18H19Cl3N6OS2. The van der Waals surface area contributed by atoms with Gasteiger partial charge in [-0.05, 0) is 29.6 Å². The highest BCUT2D eigenvalue weighted by molar-refractivity contribution is 8.00. The number of carbonyl (C=O) groups excluding carboxylic acids is 1. The average molecular weight is 506 g/mol. The number of likely N-dealkylation sites (N-methyl/N-ethyl adjacent to an activating group) is 1. The van der Waals surface area contributed by atoms with Crippen molar-refractivity contribution in [2.24, 2.45) is 0 Å². The molecule has 1 fully saturated rings. The molecule has 0 saturated carbocycles. The van der Waals surface area contributed by atoms with Crippen molar-refractivity contribution in [1.82, 2.24) is 24.8 Å². The number of carbonyl (C=O) groups is 1. The number of fused-ring (bicyclic) bond motifs is 2. The Morgan fingerprint density at radius 2 is 1.57 bits per heavy atom. The smallest absolute Gasteiger partial charge is 0.224 e. The van der Waals surface area contributed by atoms with Gasteiger partial charge >= 0.3 is 0 Å². The third-order valence-electron chi connectivity index (χ3n) is 4.91. The van der Waals surface area contributed by atoms with E-state index in [0.717, 1.165) is 57.8 Å². The summed E-state index contributed by atoms with van der Waals surface area (Å²) >= 11 is 20.8. The highest BCUT2D eigenvalue weighted by Gasteiger charge is 2.26.